The van der Waals surface area contributed by atoms with E-state index in [1.807, 2.05) is 0 Å². The molecule has 0 rings (SSSR count). The fraction of sp³-hybridized carbons (Fsp3) is 1.00. The molecule has 0 radical (unpaired) electrons. The second-order valence-electron chi connectivity index (χ2n) is 1.08. The summed E-state index contributed by atoms with van der Waals surface area (Å²) in [5.41, 5.74) is 0. The van der Waals surface area contributed by atoms with Gasteiger partial charge in [-0.25, -0.2) is 0 Å². The molecule has 46 valence electrons. The molecule has 0 unspecified atom stereocenters. The van der Waals surface area contributed by atoms with Crippen molar-refractivity contribution in [2.45, 2.75) is 26.7 Å². The lowest BCUT2D eigenvalue weighted by atomic mass is 10.4. The predicted octanol–water partition coefficient (Wildman–Crippen LogP) is 2.50. The Morgan fingerprint density at radius 3 is 1.29 bits per heavy atom. The monoisotopic (exact) mass is 140 g/mol. The van der Waals surface area contributed by atoms with Crippen LogP contribution in [-0.4, -0.2) is 0 Å². The highest BCUT2D eigenvalue weighted by Crippen LogP contribution is 1.76. The van der Waals surface area contributed by atoms with Crippen molar-refractivity contribution < 1.29 is 3.63 Å². The summed E-state index contributed by atoms with van der Waals surface area (Å²) in [7, 11) is 0. The average Bonchev–Trinajstić information content (AvgIpc) is 1.69. The normalized spacial score (nSPS) is 6.86. The smallest absolute Gasteiger partial charge is 0.00944 e. The lowest BCUT2D eigenvalue weighted by Crippen LogP contribution is -1.47. The summed E-state index contributed by atoms with van der Waals surface area (Å²) in [6.45, 7) is 4.36. The van der Waals surface area contributed by atoms with Gasteiger partial charge in [0.2, 0.25) is 0 Å². The van der Waals surface area contributed by atoms with E-state index in [-0.39, 0.29) is 0 Å². The first-order valence-electron chi connectivity index (χ1n) is 2.28. The van der Waals surface area contributed by atoms with E-state index in [1.54, 1.807) is 0 Å². The van der Waals surface area contributed by atoms with E-state index >= 15 is 0 Å². The van der Waals surface area contributed by atoms with Gasteiger partial charge in [0, 0.05) is 0 Å². The van der Waals surface area contributed by atoms with Gasteiger partial charge in [-0.1, -0.05) is 26.7 Å². The van der Waals surface area contributed by atoms with Crippen molar-refractivity contribution in [3.05, 3.63) is 0 Å². The van der Waals surface area contributed by atoms with Gasteiger partial charge >= 0.3 is 0 Å². The summed E-state index contributed by atoms with van der Waals surface area (Å²) < 4.78 is 3.64. The minimum atomic E-state index is 1.32. The van der Waals surface area contributed by atoms with Gasteiger partial charge in [0.25, 0.3) is 0 Å². The highest BCUT2D eigenvalue weighted by atomic mass is 32.2. The molecule has 1 nitrogen and oxygen atoms in total. The highest BCUT2D eigenvalue weighted by molar-refractivity contribution is 7.89. The Labute approximate surface area is 56.7 Å². The third-order valence-corrected chi connectivity index (χ3v) is 0.500. The Balaban J connectivity index is 0. The van der Waals surface area contributed by atoms with Crippen molar-refractivity contribution in [1.82, 2.24) is 0 Å². The zero-order valence-corrected chi connectivity index (χ0v) is 6.51. The van der Waals surface area contributed by atoms with Crippen LogP contribution in [0.25, 0.3) is 0 Å². The Hall–Kier alpha value is 0.660. The molecule has 7 heavy (non-hydrogen) atoms. The van der Waals surface area contributed by atoms with Crippen LogP contribution in [0.2, 0.25) is 0 Å². The maximum atomic E-state index is 3.64. The molecule has 0 bridgehead atoms. The summed E-state index contributed by atoms with van der Waals surface area (Å²) in [5, 5.41) is 0. The molecule has 0 spiro atoms. The SMILES string of the molecule is CCCC.SOS. The summed E-state index contributed by atoms with van der Waals surface area (Å²) in [4.78, 5) is 0. The van der Waals surface area contributed by atoms with Crippen molar-refractivity contribution in [3.8, 4) is 0 Å². The third kappa shape index (κ3) is 52.5. The number of hydrogen-bond acceptors (Lipinski definition) is 3. The minimum Gasteiger partial charge on any atom is -0.254 e. The molecule has 0 amide bonds. The van der Waals surface area contributed by atoms with E-state index in [4.69, 9.17) is 0 Å². The average molecular weight is 140 g/mol. The number of hydrogen-bond donors (Lipinski definition) is 2. The van der Waals surface area contributed by atoms with E-state index in [0.717, 1.165) is 0 Å². The van der Waals surface area contributed by atoms with E-state index in [9.17, 15) is 0 Å². The van der Waals surface area contributed by atoms with Crippen LogP contribution in [0, 0.1) is 0 Å². The van der Waals surface area contributed by atoms with Crippen molar-refractivity contribution in [3.63, 3.8) is 0 Å². The summed E-state index contributed by atoms with van der Waals surface area (Å²) in [6, 6.07) is 0. The predicted molar refractivity (Wildman–Crippen MR) is 39.6 cm³/mol. The van der Waals surface area contributed by atoms with Gasteiger partial charge in [-0.2, -0.15) is 0 Å². The Kier molecular flexibility index (Phi) is 24.1. The summed E-state index contributed by atoms with van der Waals surface area (Å²) >= 11 is 6.31. The molecule has 0 aliphatic rings. The van der Waals surface area contributed by atoms with Crippen molar-refractivity contribution in [2.24, 2.45) is 0 Å². The van der Waals surface area contributed by atoms with Crippen LogP contribution in [0.15, 0.2) is 0 Å². The molecule has 0 saturated heterocycles. The first-order chi connectivity index (χ1) is 3.33. The van der Waals surface area contributed by atoms with Crippen molar-refractivity contribution in [2.75, 3.05) is 0 Å². The van der Waals surface area contributed by atoms with Gasteiger partial charge in [0.1, 0.15) is 0 Å². The van der Waals surface area contributed by atoms with Gasteiger partial charge in [-0.3, -0.25) is 3.63 Å². The molecule has 0 aliphatic heterocycles. The first kappa shape index (κ1) is 10.6. The Bertz CT molecular complexity index is 17.2. The fourth-order valence-corrected chi connectivity index (χ4v) is 0. The molecule has 0 N–H and O–H groups in total. The van der Waals surface area contributed by atoms with Crippen LogP contribution in [0.3, 0.4) is 0 Å². The second-order valence-corrected chi connectivity index (χ2v) is 1.73. The minimum absolute atomic E-state index is 1.32. The molecule has 0 aromatic carbocycles. The zero-order chi connectivity index (χ0) is 6.12. The first-order valence-corrected chi connectivity index (χ1v) is 3.01. The number of unbranched alkanes of at least 4 members (excludes halogenated alkanes) is 1. The van der Waals surface area contributed by atoms with Crippen LogP contribution in [0.5, 0.6) is 0 Å². The van der Waals surface area contributed by atoms with Crippen molar-refractivity contribution in [1.29, 1.82) is 0 Å². The van der Waals surface area contributed by atoms with Crippen LogP contribution >= 0.6 is 25.8 Å². The topological polar surface area (TPSA) is 9.23 Å². The van der Waals surface area contributed by atoms with E-state index < -0.39 is 0 Å². The van der Waals surface area contributed by atoms with Crippen LogP contribution in [0.4, 0.5) is 0 Å². The molecular weight excluding hydrogens is 128 g/mol. The highest BCUT2D eigenvalue weighted by Gasteiger charge is 1.56. The molecule has 0 atom stereocenters. The lowest BCUT2D eigenvalue weighted by molar-refractivity contribution is 0.791. The summed E-state index contributed by atoms with van der Waals surface area (Å²) in [5.74, 6) is 0. The van der Waals surface area contributed by atoms with E-state index in [0.29, 0.717) is 0 Å². The summed E-state index contributed by atoms with van der Waals surface area (Å²) in [6.07, 6.45) is 2.64. The largest absolute Gasteiger partial charge is 0.254 e. The fourth-order valence-electron chi connectivity index (χ4n) is 0. The number of rotatable bonds is 1. The molecule has 0 fully saturated rings. The van der Waals surface area contributed by atoms with Crippen LogP contribution < -0.4 is 0 Å². The van der Waals surface area contributed by atoms with Gasteiger partial charge in [0.05, 0.1) is 0 Å². The van der Waals surface area contributed by atoms with E-state index in [2.05, 4.69) is 43.3 Å². The Morgan fingerprint density at radius 2 is 1.29 bits per heavy atom. The van der Waals surface area contributed by atoms with Gasteiger partial charge in [0.15, 0.2) is 0 Å². The maximum Gasteiger partial charge on any atom is -0.00944 e. The molecule has 0 aromatic rings. The molecule has 0 aromatic heterocycles. The molecule has 3 heteroatoms. The van der Waals surface area contributed by atoms with Crippen LogP contribution in [-0.2, 0) is 3.63 Å². The van der Waals surface area contributed by atoms with Gasteiger partial charge in [-0.15, -0.1) is 0 Å². The van der Waals surface area contributed by atoms with Crippen LogP contribution in [0.1, 0.15) is 26.7 Å². The quantitative estimate of drug-likeness (QED) is 0.420. The molecular formula is C4H12OS2. The molecule has 0 aliphatic carbocycles. The Morgan fingerprint density at radius 1 is 1.14 bits per heavy atom. The molecule has 0 heterocycles. The maximum absolute atomic E-state index is 3.64. The second kappa shape index (κ2) is 15.9. The van der Waals surface area contributed by atoms with Crippen molar-refractivity contribution >= 4 is 25.8 Å². The van der Waals surface area contributed by atoms with Gasteiger partial charge in [-0.05, 0) is 25.8 Å². The number of thiol groups is 2. The van der Waals surface area contributed by atoms with Gasteiger partial charge < -0.3 is 0 Å². The lowest BCUT2D eigenvalue weighted by Gasteiger charge is -1.68. The van der Waals surface area contributed by atoms with E-state index in [1.165, 1.54) is 12.8 Å². The standard InChI is InChI=1S/C4H10.H2OS2/c1-3-4-2;2-1-3/h3-4H2,1-2H3;2-3H. The zero-order valence-electron chi connectivity index (χ0n) is 4.72. The molecule has 0 saturated carbocycles. The third-order valence-electron chi connectivity index (χ3n) is 0.500.